The molecule has 4 aromatic rings. The minimum absolute atomic E-state index is 0.126. The molecule has 5 heteroatoms. The Morgan fingerprint density at radius 2 is 1.67 bits per heavy atom. The monoisotopic (exact) mass is 504 g/mol. The van der Waals surface area contributed by atoms with Crippen molar-refractivity contribution in [1.82, 2.24) is 0 Å². The molecule has 0 saturated heterocycles. The predicted octanol–water partition coefficient (Wildman–Crippen LogP) is 9.15. The molecule has 0 unspecified atom stereocenters. The van der Waals surface area contributed by atoms with Gasteiger partial charge in [-0.1, -0.05) is 45.2 Å². The number of aryl methyl sites for hydroxylation is 3. The molecule has 188 valence electrons. The molecule has 3 aromatic carbocycles. The van der Waals surface area contributed by atoms with Gasteiger partial charge in [0.15, 0.2) is 5.75 Å². The minimum atomic E-state index is -0.362. The second-order valence-electron chi connectivity index (χ2n) is 9.51. The van der Waals surface area contributed by atoms with E-state index in [1.54, 1.807) is 32.0 Å². The number of fused-ring (bicyclic) bond motifs is 1. The summed E-state index contributed by atoms with van der Waals surface area (Å²) in [7, 11) is 0. The van der Waals surface area contributed by atoms with E-state index in [0.717, 1.165) is 22.4 Å². The molecule has 0 atom stereocenters. The van der Waals surface area contributed by atoms with E-state index in [-0.39, 0.29) is 17.3 Å². The van der Waals surface area contributed by atoms with Crippen molar-refractivity contribution < 1.29 is 19.0 Å². The van der Waals surface area contributed by atoms with Crippen LogP contribution in [0.2, 0.25) is 0 Å². The van der Waals surface area contributed by atoms with Gasteiger partial charge in [0.05, 0.1) is 0 Å². The Kier molecular flexibility index (Phi) is 8.10. The number of hydrogen-bond donors (Lipinski definition) is 1. The van der Waals surface area contributed by atoms with E-state index in [2.05, 4.69) is 26.0 Å². The number of phenolic OH excluding ortho intramolecular Hbond substituents is 1. The second-order valence-corrected chi connectivity index (χ2v) is 10.6. The van der Waals surface area contributed by atoms with E-state index < -0.39 is 0 Å². The quantitative estimate of drug-likeness (QED) is 0.219. The van der Waals surface area contributed by atoms with Gasteiger partial charge in [-0.2, -0.15) is 0 Å². The van der Waals surface area contributed by atoms with Crippen LogP contribution in [0.25, 0.3) is 10.1 Å². The molecule has 0 bridgehead atoms. The highest BCUT2D eigenvalue weighted by atomic mass is 32.1. The number of ether oxygens (including phenoxy) is 1. The van der Waals surface area contributed by atoms with Gasteiger partial charge in [-0.25, -0.2) is 4.39 Å². The SMILES string of the molecule is CCC(CC)CCCc1ccc(Oc2c(C(=O)c3c(C)cc(F)cc3C)sc3cc(O)ccc23)cc1. The topological polar surface area (TPSA) is 46.5 Å². The van der Waals surface area contributed by atoms with Crippen molar-refractivity contribution in [1.29, 1.82) is 0 Å². The molecule has 0 amide bonds. The van der Waals surface area contributed by atoms with Crippen molar-refractivity contribution >= 4 is 27.2 Å². The molecule has 0 radical (unpaired) electrons. The molecular formula is C31H33FO3S. The highest BCUT2D eigenvalue weighted by Gasteiger charge is 2.25. The first-order valence-electron chi connectivity index (χ1n) is 12.6. The number of halogens is 1. The van der Waals surface area contributed by atoms with Crippen LogP contribution in [0, 0.1) is 25.6 Å². The zero-order valence-electron chi connectivity index (χ0n) is 21.4. The van der Waals surface area contributed by atoms with E-state index in [4.69, 9.17) is 4.74 Å². The predicted molar refractivity (Wildman–Crippen MR) is 146 cm³/mol. The standard InChI is InChI=1S/C31H33FO3S/c1-5-21(6-2)8-7-9-22-10-13-25(14-11-22)35-30-26-15-12-24(33)18-27(26)36-31(30)29(34)28-19(3)16-23(32)17-20(28)4/h10-18,21,33H,5-9H2,1-4H3. The second kappa shape index (κ2) is 11.3. The Morgan fingerprint density at radius 1 is 1.00 bits per heavy atom. The van der Waals surface area contributed by atoms with Crippen molar-refractivity contribution in [3.05, 3.63) is 87.5 Å². The lowest BCUT2D eigenvalue weighted by Gasteiger charge is -2.12. The summed E-state index contributed by atoms with van der Waals surface area (Å²) in [6.07, 6.45) is 5.90. The van der Waals surface area contributed by atoms with Gasteiger partial charge >= 0.3 is 0 Å². The maximum atomic E-state index is 13.9. The first-order chi connectivity index (χ1) is 17.3. The third-order valence-electron chi connectivity index (χ3n) is 6.93. The van der Waals surface area contributed by atoms with Crippen molar-refractivity contribution in [2.45, 2.75) is 59.8 Å². The number of thiophene rings is 1. The summed E-state index contributed by atoms with van der Waals surface area (Å²) >= 11 is 1.27. The number of phenols is 1. The molecule has 1 N–H and O–H groups in total. The van der Waals surface area contributed by atoms with Crippen LogP contribution in [-0.4, -0.2) is 10.9 Å². The lowest BCUT2D eigenvalue weighted by molar-refractivity contribution is 0.103. The molecule has 1 aromatic heterocycles. The van der Waals surface area contributed by atoms with Crippen molar-refractivity contribution in [2.24, 2.45) is 5.92 Å². The van der Waals surface area contributed by atoms with Crippen LogP contribution in [0.3, 0.4) is 0 Å². The van der Waals surface area contributed by atoms with Gasteiger partial charge in [-0.3, -0.25) is 4.79 Å². The fourth-order valence-corrected chi connectivity index (χ4v) is 5.94. The summed E-state index contributed by atoms with van der Waals surface area (Å²) < 4.78 is 20.9. The molecule has 0 spiro atoms. The Labute approximate surface area is 216 Å². The smallest absolute Gasteiger partial charge is 0.207 e. The van der Waals surface area contributed by atoms with Crippen molar-refractivity contribution in [3.8, 4) is 17.2 Å². The largest absolute Gasteiger partial charge is 0.508 e. The average molecular weight is 505 g/mol. The van der Waals surface area contributed by atoms with Gasteiger partial charge in [0.25, 0.3) is 0 Å². The van der Waals surface area contributed by atoms with E-state index in [0.29, 0.717) is 33.1 Å². The third kappa shape index (κ3) is 5.62. The Hall–Kier alpha value is -3.18. The molecule has 0 fully saturated rings. The summed E-state index contributed by atoms with van der Waals surface area (Å²) in [5, 5.41) is 10.8. The zero-order valence-corrected chi connectivity index (χ0v) is 22.2. The average Bonchev–Trinajstić information content (AvgIpc) is 3.19. The lowest BCUT2D eigenvalue weighted by atomic mass is 9.95. The number of hydrogen-bond acceptors (Lipinski definition) is 4. The van der Waals surface area contributed by atoms with Crippen LogP contribution in [0.1, 0.15) is 71.5 Å². The molecule has 0 aliphatic carbocycles. The van der Waals surface area contributed by atoms with E-state index in [9.17, 15) is 14.3 Å². The molecule has 3 nitrogen and oxygen atoms in total. The van der Waals surface area contributed by atoms with Crippen molar-refractivity contribution in [2.75, 3.05) is 0 Å². The molecule has 1 heterocycles. The maximum Gasteiger partial charge on any atom is 0.207 e. The van der Waals surface area contributed by atoms with E-state index >= 15 is 0 Å². The lowest BCUT2D eigenvalue weighted by Crippen LogP contribution is -2.06. The summed E-state index contributed by atoms with van der Waals surface area (Å²) in [6.45, 7) is 8.00. The minimum Gasteiger partial charge on any atom is -0.508 e. The van der Waals surface area contributed by atoms with Gasteiger partial charge in [-0.05, 0) is 91.8 Å². The normalized spacial score (nSPS) is 11.4. The number of carbonyl (C=O) groups excluding carboxylic acids is 1. The third-order valence-corrected chi connectivity index (χ3v) is 8.07. The molecule has 0 saturated carbocycles. The Morgan fingerprint density at radius 3 is 2.31 bits per heavy atom. The van der Waals surface area contributed by atoms with Gasteiger partial charge in [0.1, 0.15) is 22.2 Å². The van der Waals surface area contributed by atoms with E-state index in [1.165, 1.54) is 54.7 Å². The van der Waals surface area contributed by atoms with Gasteiger partial charge in [0.2, 0.25) is 5.78 Å². The molecule has 36 heavy (non-hydrogen) atoms. The van der Waals surface area contributed by atoms with Crippen LogP contribution < -0.4 is 4.74 Å². The highest BCUT2D eigenvalue weighted by Crippen LogP contribution is 2.43. The molecule has 4 rings (SSSR count). The van der Waals surface area contributed by atoms with Gasteiger partial charge < -0.3 is 9.84 Å². The molecular weight excluding hydrogens is 471 g/mol. The van der Waals surface area contributed by atoms with Gasteiger partial charge in [-0.15, -0.1) is 11.3 Å². The van der Waals surface area contributed by atoms with Crippen LogP contribution in [-0.2, 0) is 6.42 Å². The number of rotatable bonds is 10. The summed E-state index contributed by atoms with van der Waals surface area (Å²) in [6, 6.07) is 15.8. The first kappa shape index (κ1) is 25.9. The number of carbonyl (C=O) groups is 1. The number of aromatic hydroxyl groups is 1. The Bertz CT molecular complexity index is 1340. The fourth-order valence-electron chi connectivity index (χ4n) is 4.83. The number of benzene rings is 3. The van der Waals surface area contributed by atoms with Gasteiger partial charge in [0, 0.05) is 15.6 Å². The van der Waals surface area contributed by atoms with Crippen LogP contribution in [0.4, 0.5) is 4.39 Å². The molecule has 0 aliphatic heterocycles. The van der Waals surface area contributed by atoms with Crippen LogP contribution in [0.15, 0.2) is 54.6 Å². The van der Waals surface area contributed by atoms with Crippen LogP contribution >= 0.6 is 11.3 Å². The maximum absolute atomic E-state index is 13.9. The van der Waals surface area contributed by atoms with Crippen molar-refractivity contribution in [3.63, 3.8) is 0 Å². The fraction of sp³-hybridized carbons (Fsp3) is 0.323. The molecule has 0 aliphatic rings. The van der Waals surface area contributed by atoms with E-state index in [1.807, 2.05) is 12.1 Å². The number of ketones is 1. The zero-order chi connectivity index (χ0) is 25.8. The summed E-state index contributed by atoms with van der Waals surface area (Å²) in [5.74, 6) is 1.46. The highest BCUT2D eigenvalue weighted by molar-refractivity contribution is 7.21. The summed E-state index contributed by atoms with van der Waals surface area (Å²) in [4.78, 5) is 14.1. The first-order valence-corrected chi connectivity index (χ1v) is 13.5. The van der Waals surface area contributed by atoms with Crippen LogP contribution in [0.5, 0.6) is 17.2 Å². The summed E-state index contributed by atoms with van der Waals surface area (Å²) in [5.41, 5.74) is 2.91. The Balaban J connectivity index is 1.63.